The molecule has 0 fully saturated rings. The van der Waals surface area contributed by atoms with E-state index in [4.69, 9.17) is 5.11 Å². The molecule has 0 aliphatic rings. The van der Waals surface area contributed by atoms with Gasteiger partial charge in [0.15, 0.2) is 5.78 Å². The molecule has 0 saturated heterocycles. The molecule has 0 aromatic rings. The molecule has 0 aromatic heterocycles. The van der Waals surface area contributed by atoms with E-state index in [0.29, 0.717) is 6.42 Å². The fourth-order valence-electron chi connectivity index (χ4n) is 2.09. The van der Waals surface area contributed by atoms with Gasteiger partial charge in [0, 0.05) is 12.8 Å². The SMILES string of the molecule is CCCCCC/C=C/C(=O)CCCCCCCC(=O)O. The summed E-state index contributed by atoms with van der Waals surface area (Å²) >= 11 is 0. The normalized spacial score (nSPS) is 11.1. The van der Waals surface area contributed by atoms with Crippen LogP contribution in [0.25, 0.3) is 0 Å². The first kappa shape index (κ1) is 18.9. The molecule has 116 valence electrons. The third-order valence-corrected chi connectivity index (χ3v) is 3.34. The summed E-state index contributed by atoms with van der Waals surface area (Å²) in [6.07, 6.45) is 15.3. The number of rotatable bonds is 14. The zero-order chi connectivity index (χ0) is 15.1. The standard InChI is InChI=1S/C17H30O3/c1-2-3-4-5-7-10-13-16(18)14-11-8-6-9-12-15-17(19)20/h10,13H,2-9,11-12,14-15H2,1H3,(H,19,20)/b13-10+. The van der Waals surface area contributed by atoms with Crippen LogP contribution >= 0.6 is 0 Å². The molecular formula is C17H30O3. The van der Waals surface area contributed by atoms with Crippen LogP contribution in [0.5, 0.6) is 0 Å². The van der Waals surface area contributed by atoms with Crippen LogP contribution in [0.2, 0.25) is 0 Å². The first-order valence-electron chi connectivity index (χ1n) is 8.08. The van der Waals surface area contributed by atoms with Crippen molar-refractivity contribution >= 4 is 11.8 Å². The molecule has 0 aromatic carbocycles. The smallest absolute Gasteiger partial charge is 0.303 e. The maximum Gasteiger partial charge on any atom is 0.303 e. The van der Waals surface area contributed by atoms with Crippen LogP contribution in [0.4, 0.5) is 0 Å². The number of hydrogen-bond acceptors (Lipinski definition) is 2. The predicted molar refractivity (Wildman–Crippen MR) is 82.9 cm³/mol. The van der Waals surface area contributed by atoms with Crippen molar-refractivity contribution in [1.29, 1.82) is 0 Å². The lowest BCUT2D eigenvalue weighted by Crippen LogP contribution is -1.94. The number of aliphatic carboxylic acids is 1. The molecular weight excluding hydrogens is 252 g/mol. The van der Waals surface area contributed by atoms with Crippen molar-refractivity contribution in [3.63, 3.8) is 0 Å². The summed E-state index contributed by atoms with van der Waals surface area (Å²) in [6.45, 7) is 2.20. The fraction of sp³-hybridized carbons (Fsp3) is 0.765. The largest absolute Gasteiger partial charge is 0.481 e. The van der Waals surface area contributed by atoms with E-state index in [1.54, 1.807) is 6.08 Å². The van der Waals surface area contributed by atoms with E-state index in [9.17, 15) is 9.59 Å². The zero-order valence-corrected chi connectivity index (χ0v) is 12.9. The molecule has 0 unspecified atom stereocenters. The van der Waals surface area contributed by atoms with Gasteiger partial charge in [0.1, 0.15) is 0 Å². The summed E-state index contributed by atoms with van der Waals surface area (Å²) in [5.41, 5.74) is 0. The van der Waals surface area contributed by atoms with Crippen molar-refractivity contribution in [3.8, 4) is 0 Å². The Hall–Kier alpha value is -1.12. The molecule has 20 heavy (non-hydrogen) atoms. The van der Waals surface area contributed by atoms with Gasteiger partial charge in [0.05, 0.1) is 0 Å². The molecule has 0 rings (SSSR count). The number of ketones is 1. The third kappa shape index (κ3) is 14.9. The van der Waals surface area contributed by atoms with Gasteiger partial charge in [-0.1, -0.05) is 51.5 Å². The Morgan fingerprint density at radius 1 is 0.850 bits per heavy atom. The highest BCUT2D eigenvalue weighted by Crippen LogP contribution is 2.08. The summed E-state index contributed by atoms with van der Waals surface area (Å²) in [5.74, 6) is -0.490. The number of unbranched alkanes of at least 4 members (excludes halogenated alkanes) is 8. The van der Waals surface area contributed by atoms with Crippen molar-refractivity contribution in [2.45, 2.75) is 84.0 Å². The van der Waals surface area contributed by atoms with Crippen LogP contribution in [0, 0.1) is 0 Å². The first-order valence-corrected chi connectivity index (χ1v) is 8.08. The van der Waals surface area contributed by atoms with Crippen molar-refractivity contribution in [2.24, 2.45) is 0 Å². The van der Waals surface area contributed by atoms with Gasteiger partial charge in [-0.2, -0.15) is 0 Å². The molecule has 3 heteroatoms. The highest BCUT2D eigenvalue weighted by Gasteiger charge is 1.99. The van der Waals surface area contributed by atoms with Gasteiger partial charge in [0.25, 0.3) is 0 Å². The Labute approximate surface area is 123 Å². The molecule has 0 amide bonds. The van der Waals surface area contributed by atoms with Crippen molar-refractivity contribution in [3.05, 3.63) is 12.2 Å². The van der Waals surface area contributed by atoms with Gasteiger partial charge >= 0.3 is 5.97 Å². The highest BCUT2D eigenvalue weighted by molar-refractivity contribution is 5.89. The maximum absolute atomic E-state index is 11.5. The van der Waals surface area contributed by atoms with Gasteiger partial charge < -0.3 is 5.11 Å². The summed E-state index contributed by atoms with van der Waals surface area (Å²) in [5, 5.41) is 8.49. The second kappa shape index (κ2) is 14.3. The lowest BCUT2D eigenvalue weighted by atomic mass is 10.1. The summed E-state index contributed by atoms with van der Waals surface area (Å²) in [7, 11) is 0. The molecule has 0 spiro atoms. The van der Waals surface area contributed by atoms with E-state index >= 15 is 0 Å². The summed E-state index contributed by atoms with van der Waals surface area (Å²) < 4.78 is 0. The topological polar surface area (TPSA) is 54.4 Å². The minimum Gasteiger partial charge on any atom is -0.481 e. The van der Waals surface area contributed by atoms with E-state index in [-0.39, 0.29) is 12.2 Å². The molecule has 3 nitrogen and oxygen atoms in total. The van der Waals surface area contributed by atoms with Gasteiger partial charge in [-0.15, -0.1) is 0 Å². The fourth-order valence-corrected chi connectivity index (χ4v) is 2.09. The molecule has 0 radical (unpaired) electrons. The van der Waals surface area contributed by atoms with E-state index in [2.05, 4.69) is 6.92 Å². The molecule has 0 atom stereocenters. The third-order valence-electron chi connectivity index (χ3n) is 3.34. The van der Waals surface area contributed by atoms with Gasteiger partial charge in [-0.05, 0) is 31.8 Å². The number of carbonyl (C=O) groups excluding carboxylic acids is 1. The monoisotopic (exact) mass is 282 g/mol. The van der Waals surface area contributed by atoms with E-state index in [1.165, 1.54) is 25.7 Å². The van der Waals surface area contributed by atoms with Gasteiger partial charge in [0.2, 0.25) is 0 Å². The highest BCUT2D eigenvalue weighted by atomic mass is 16.4. The van der Waals surface area contributed by atoms with Gasteiger partial charge in [-0.25, -0.2) is 0 Å². The average molecular weight is 282 g/mol. The number of carboxylic acids is 1. The van der Waals surface area contributed by atoms with E-state index in [1.807, 2.05) is 6.08 Å². The van der Waals surface area contributed by atoms with Crippen molar-refractivity contribution in [1.82, 2.24) is 0 Å². The summed E-state index contributed by atoms with van der Waals surface area (Å²) in [4.78, 5) is 21.9. The molecule has 0 saturated carbocycles. The Morgan fingerprint density at radius 2 is 1.45 bits per heavy atom. The molecule has 0 heterocycles. The first-order chi connectivity index (χ1) is 9.66. The van der Waals surface area contributed by atoms with Crippen LogP contribution in [0.3, 0.4) is 0 Å². The van der Waals surface area contributed by atoms with Crippen LogP contribution in [-0.2, 0) is 9.59 Å². The van der Waals surface area contributed by atoms with Gasteiger partial charge in [-0.3, -0.25) is 9.59 Å². The van der Waals surface area contributed by atoms with E-state index < -0.39 is 5.97 Å². The van der Waals surface area contributed by atoms with Crippen molar-refractivity contribution in [2.75, 3.05) is 0 Å². The Kier molecular flexibility index (Phi) is 13.5. The van der Waals surface area contributed by atoms with Crippen LogP contribution in [-0.4, -0.2) is 16.9 Å². The minimum atomic E-state index is -0.718. The molecule has 0 aliphatic heterocycles. The van der Waals surface area contributed by atoms with E-state index in [0.717, 1.165) is 38.5 Å². The second-order valence-corrected chi connectivity index (χ2v) is 5.38. The molecule has 0 aliphatic carbocycles. The number of carbonyl (C=O) groups is 2. The zero-order valence-electron chi connectivity index (χ0n) is 12.9. The van der Waals surface area contributed by atoms with Crippen LogP contribution < -0.4 is 0 Å². The Balaban J connectivity index is 3.31. The lowest BCUT2D eigenvalue weighted by molar-refractivity contribution is -0.137. The van der Waals surface area contributed by atoms with Crippen molar-refractivity contribution < 1.29 is 14.7 Å². The maximum atomic E-state index is 11.5. The Bertz CT molecular complexity index is 282. The number of allylic oxidation sites excluding steroid dienone is 2. The quantitative estimate of drug-likeness (QED) is 0.364. The minimum absolute atomic E-state index is 0.228. The number of carboxylic acid groups (broad SMARTS) is 1. The lowest BCUT2D eigenvalue weighted by Gasteiger charge is -1.99. The molecule has 1 N–H and O–H groups in total. The summed E-state index contributed by atoms with van der Waals surface area (Å²) in [6, 6.07) is 0. The Morgan fingerprint density at radius 3 is 2.10 bits per heavy atom. The number of hydrogen-bond donors (Lipinski definition) is 1. The average Bonchev–Trinajstić information content (AvgIpc) is 2.41. The second-order valence-electron chi connectivity index (χ2n) is 5.38. The van der Waals surface area contributed by atoms with Crippen LogP contribution in [0.1, 0.15) is 84.0 Å². The van der Waals surface area contributed by atoms with Crippen LogP contribution in [0.15, 0.2) is 12.2 Å². The molecule has 0 bridgehead atoms. The predicted octanol–water partition coefficient (Wildman–Crippen LogP) is 4.90.